The van der Waals surface area contributed by atoms with Crippen molar-refractivity contribution in [2.24, 2.45) is 0 Å². The van der Waals surface area contributed by atoms with Gasteiger partial charge in [-0.15, -0.1) is 26.6 Å². The van der Waals surface area contributed by atoms with Gasteiger partial charge in [0.05, 0.1) is 10.6 Å². The van der Waals surface area contributed by atoms with E-state index in [0.717, 1.165) is 5.56 Å². The van der Waals surface area contributed by atoms with Crippen molar-refractivity contribution in [3.05, 3.63) is 52.8 Å². The fourth-order valence-electron chi connectivity index (χ4n) is 2.64. The molecule has 0 N–H and O–H groups in total. The molecule has 0 atom stereocenters. The number of rotatable bonds is 4. The van der Waals surface area contributed by atoms with Crippen LogP contribution in [0.25, 0.3) is 16.2 Å². The lowest BCUT2D eigenvalue weighted by Gasteiger charge is -2.07. The quantitative estimate of drug-likeness (QED) is 0.451. The van der Waals surface area contributed by atoms with Crippen LogP contribution in [-0.4, -0.2) is 30.6 Å². The van der Waals surface area contributed by atoms with Crippen LogP contribution in [0.2, 0.25) is 0 Å². The number of carbonyl (C=O) groups excluding carboxylic acids is 1. The molecule has 148 valence electrons. The first-order chi connectivity index (χ1) is 13.7. The number of Topliss-reactive ketones (excluding diaryl/α,β-unsaturated/α-hetero) is 1. The number of thiazole rings is 1. The van der Waals surface area contributed by atoms with E-state index < -0.39 is 12.0 Å². The lowest BCUT2D eigenvalue weighted by molar-refractivity contribution is -0.146. The summed E-state index contributed by atoms with van der Waals surface area (Å²) < 4.78 is 45.0. The van der Waals surface area contributed by atoms with Gasteiger partial charge in [-0.1, -0.05) is 0 Å². The van der Waals surface area contributed by atoms with Crippen molar-refractivity contribution in [1.29, 1.82) is 0 Å². The number of benzene rings is 1. The molecule has 0 saturated heterocycles. The lowest BCUT2D eigenvalue weighted by Crippen LogP contribution is -2.12. The van der Waals surface area contributed by atoms with Gasteiger partial charge in [0, 0.05) is 18.6 Å². The van der Waals surface area contributed by atoms with E-state index in [1.54, 1.807) is 31.2 Å². The van der Waals surface area contributed by atoms with Crippen molar-refractivity contribution in [1.82, 2.24) is 24.8 Å². The number of ketones is 1. The highest BCUT2D eigenvalue weighted by Crippen LogP contribution is 2.31. The van der Waals surface area contributed by atoms with Crippen LogP contribution in [0.4, 0.5) is 13.2 Å². The van der Waals surface area contributed by atoms with Crippen molar-refractivity contribution in [2.75, 3.05) is 0 Å². The summed E-state index contributed by atoms with van der Waals surface area (Å²) >= 11 is 1.30. The molecule has 0 aliphatic heterocycles. The highest BCUT2D eigenvalue weighted by Gasteiger charge is 2.37. The van der Waals surface area contributed by atoms with Crippen LogP contribution in [0.15, 0.2) is 36.4 Å². The molecule has 29 heavy (non-hydrogen) atoms. The number of aromatic nitrogens is 5. The summed E-state index contributed by atoms with van der Waals surface area (Å²) in [7, 11) is 0. The number of aryl methyl sites for hydroxylation is 1. The molecule has 0 amide bonds. The number of ether oxygens (including phenoxy) is 1. The van der Waals surface area contributed by atoms with Gasteiger partial charge in [-0.05, 0) is 37.3 Å². The Morgan fingerprint density at radius 2 is 1.83 bits per heavy atom. The van der Waals surface area contributed by atoms with Gasteiger partial charge in [0.1, 0.15) is 10.8 Å². The number of hydrogen-bond acceptors (Lipinski definition) is 7. The molecule has 0 unspecified atom stereocenters. The average Bonchev–Trinajstić information content (AvgIpc) is 3.25. The minimum absolute atomic E-state index is 0.0413. The monoisotopic (exact) mass is 419 g/mol. The number of halogens is 3. The van der Waals surface area contributed by atoms with E-state index >= 15 is 0 Å². The van der Waals surface area contributed by atoms with E-state index in [1.165, 1.54) is 30.4 Å². The molecule has 3 heterocycles. The van der Waals surface area contributed by atoms with Crippen molar-refractivity contribution in [3.8, 4) is 22.2 Å². The van der Waals surface area contributed by atoms with E-state index in [1.807, 2.05) is 0 Å². The second kappa shape index (κ2) is 6.92. The number of carbonyl (C=O) groups is 1. The van der Waals surface area contributed by atoms with Crippen LogP contribution in [0.5, 0.6) is 11.6 Å². The normalized spacial score (nSPS) is 11.8. The SMILES string of the molecule is CC(=O)c1sc(-c2ccc(Oc3ccc4nnc(C(F)(F)F)n4n3)cc2)nc1C. The smallest absolute Gasteiger partial charge is 0.438 e. The minimum atomic E-state index is -4.68. The standard InChI is InChI=1S/C18H12F3N5O2S/c1-9-15(10(2)27)29-16(22-9)11-3-5-12(6-4-11)28-14-8-7-13-23-24-17(18(19,20)21)26(13)25-14/h3-8H,1-2H3. The Morgan fingerprint density at radius 3 is 2.45 bits per heavy atom. The van der Waals surface area contributed by atoms with Gasteiger partial charge in [-0.25, -0.2) is 4.98 Å². The van der Waals surface area contributed by atoms with Gasteiger partial charge < -0.3 is 4.74 Å². The molecule has 0 aliphatic carbocycles. The Bertz CT molecular complexity index is 1210. The molecule has 11 heteroatoms. The van der Waals surface area contributed by atoms with Gasteiger partial charge in [-0.3, -0.25) is 4.79 Å². The Labute approximate surface area is 165 Å². The molecular formula is C18H12F3N5O2S. The zero-order valence-corrected chi connectivity index (χ0v) is 15.9. The average molecular weight is 419 g/mol. The van der Waals surface area contributed by atoms with E-state index in [0.29, 0.717) is 25.8 Å². The first-order valence-corrected chi connectivity index (χ1v) is 9.10. The van der Waals surface area contributed by atoms with Gasteiger partial charge in [0.15, 0.2) is 11.4 Å². The fraction of sp³-hybridized carbons (Fsp3) is 0.167. The zero-order valence-electron chi connectivity index (χ0n) is 15.1. The van der Waals surface area contributed by atoms with Crippen LogP contribution in [-0.2, 0) is 6.18 Å². The summed E-state index contributed by atoms with van der Waals surface area (Å²) in [6.45, 7) is 3.27. The third-order valence-electron chi connectivity index (χ3n) is 3.93. The lowest BCUT2D eigenvalue weighted by atomic mass is 10.2. The van der Waals surface area contributed by atoms with E-state index in [4.69, 9.17) is 4.74 Å². The van der Waals surface area contributed by atoms with Crippen molar-refractivity contribution in [3.63, 3.8) is 0 Å². The van der Waals surface area contributed by atoms with Crippen molar-refractivity contribution < 1.29 is 22.7 Å². The number of fused-ring (bicyclic) bond motifs is 1. The molecular weight excluding hydrogens is 407 g/mol. The van der Waals surface area contributed by atoms with Crippen LogP contribution < -0.4 is 4.74 Å². The first-order valence-electron chi connectivity index (χ1n) is 8.28. The molecule has 1 aromatic carbocycles. The Hall–Kier alpha value is -3.34. The van der Waals surface area contributed by atoms with E-state index in [2.05, 4.69) is 20.3 Å². The molecule has 0 fully saturated rings. The largest absolute Gasteiger partial charge is 0.453 e. The van der Waals surface area contributed by atoms with Crippen LogP contribution in [0.3, 0.4) is 0 Å². The summed E-state index contributed by atoms with van der Waals surface area (Å²) in [5, 5.41) is 11.1. The van der Waals surface area contributed by atoms with Gasteiger partial charge in [0.25, 0.3) is 5.82 Å². The Kier molecular flexibility index (Phi) is 4.53. The molecule has 7 nitrogen and oxygen atoms in total. The maximum atomic E-state index is 13.0. The number of hydrogen-bond donors (Lipinski definition) is 0. The van der Waals surface area contributed by atoms with Crippen LogP contribution >= 0.6 is 11.3 Å². The van der Waals surface area contributed by atoms with E-state index in [9.17, 15) is 18.0 Å². The maximum absolute atomic E-state index is 13.0. The predicted octanol–water partition coefficient (Wildman–Crippen LogP) is 4.57. The van der Waals surface area contributed by atoms with Crippen LogP contribution in [0, 0.1) is 6.92 Å². The molecule has 0 radical (unpaired) electrons. The summed E-state index contributed by atoms with van der Waals surface area (Å²) in [4.78, 5) is 16.6. The molecule has 0 spiro atoms. The third-order valence-corrected chi connectivity index (χ3v) is 5.24. The fourth-order valence-corrected chi connectivity index (χ4v) is 3.60. The number of nitrogens with zero attached hydrogens (tertiary/aromatic N) is 5. The summed E-state index contributed by atoms with van der Waals surface area (Å²) in [5.74, 6) is -0.935. The minimum Gasteiger partial charge on any atom is -0.438 e. The highest BCUT2D eigenvalue weighted by molar-refractivity contribution is 7.17. The third kappa shape index (κ3) is 3.68. The first kappa shape index (κ1) is 19.0. The number of alkyl halides is 3. The maximum Gasteiger partial charge on any atom is 0.453 e. The van der Waals surface area contributed by atoms with Crippen molar-refractivity contribution >= 4 is 22.8 Å². The Balaban J connectivity index is 1.59. The summed E-state index contributed by atoms with van der Waals surface area (Å²) in [5.41, 5.74) is 1.42. The zero-order chi connectivity index (χ0) is 20.8. The topological polar surface area (TPSA) is 82.3 Å². The van der Waals surface area contributed by atoms with Gasteiger partial charge in [-0.2, -0.15) is 17.7 Å². The highest BCUT2D eigenvalue weighted by atomic mass is 32.1. The predicted molar refractivity (Wildman–Crippen MR) is 98.1 cm³/mol. The van der Waals surface area contributed by atoms with E-state index in [-0.39, 0.29) is 17.3 Å². The van der Waals surface area contributed by atoms with Crippen LogP contribution in [0.1, 0.15) is 28.1 Å². The molecule has 4 aromatic rings. The molecule has 4 rings (SSSR count). The molecule has 3 aromatic heterocycles. The summed E-state index contributed by atoms with van der Waals surface area (Å²) in [6, 6.07) is 9.51. The second-order valence-corrected chi connectivity index (χ2v) is 7.08. The molecule has 0 bridgehead atoms. The molecule has 0 aliphatic rings. The van der Waals surface area contributed by atoms with Gasteiger partial charge in [0.2, 0.25) is 5.88 Å². The van der Waals surface area contributed by atoms with Crippen molar-refractivity contribution in [2.45, 2.75) is 20.0 Å². The summed E-state index contributed by atoms with van der Waals surface area (Å²) in [6.07, 6.45) is -4.68. The second-order valence-electron chi connectivity index (χ2n) is 6.08. The van der Waals surface area contributed by atoms with Gasteiger partial charge >= 0.3 is 6.18 Å². The molecule has 0 saturated carbocycles. The Morgan fingerprint density at radius 1 is 1.10 bits per heavy atom.